The van der Waals surface area contributed by atoms with Crippen molar-refractivity contribution < 1.29 is 14.3 Å². The molecular weight excluding hydrogens is 328 g/mol. The minimum atomic E-state index is -0.122. The lowest BCUT2D eigenvalue weighted by Crippen LogP contribution is -2.37. The van der Waals surface area contributed by atoms with Gasteiger partial charge >= 0.3 is 0 Å². The molecule has 2 N–H and O–H groups in total. The predicted octanol–water partition coefficient (Wildman–Crippen LogP) is 2.60. The average Bonchev–Trinajstić information content (AvgIpc) is 2.87. The highest BCUT2D eigenvalue weighted by molar-refractivity contribution is 5.77. The average molecular weight is 354 g/mol. The number of amides is 1. The monoisotopic (exact) mass is 354 g/mol. The molecule has 0 saturated carbocycles. The van der Waals surface area contributed by atoms with Crippen LogP contribution >= 0.6 is 0 Å². The summed E-state index contributed by atoms with van der Waals surface area (Å²) in [6.07, 6.45) is 0.804. The number of fused-ring (bicyclic) bond motifs is 1. The van der Waals surface area contributed by atoms with Crippen LogP contribution in [0, 0.1) is 6.92 Å². The van der Waals surface area contributed by atoms with E-state index < -0.39 is 0 Å². The van der Waals surface area contributed by atoms with Crippen LogP contribution in [0.15, 0.2) is 42.5 Å². The molecule has 1 heterocycles. The van der Waals surface area contributed by atoms with E-state index in [-0.39, 0.29) is 18.6 Å². The van der Waals surface area contributed by atoms with E-state index in [9.17, 15) is 4.79 Å². The molecule has 0 aromatic heterocycles. The number of ether oxygens (including phenoxy) is 2. The Morgan fingerprint density at radius 2 is 2.15 bits per heavy atom. The minimum absolute atomic E-state index is 0.00481. The van der Waals surface area contributed by atoms with Gasteiger partial charge < -0.3 is 20.1 Å². The second kappa shape index (κ2) is 8.72. The first-order valence-electron chi connectivity index (χ1n) is 9.05. The molecule has 1 atom stereocenters. The molecule has 0 bridgehead atoms. The number of benzene rings is 2. The Kier molecular flexibility index (Phi) is 6.12. The molecule has 0 saturated heterocycles. The van der Waals surface area contributed by atoms with Gasteiger partial charge in [-0.3, -0.25) is 4.79 Å². The number of hydrogen-bond acceptors (Lipinski definition) is 4. The summed E-state index contributed by atoms with van der Waals surface area (Å²) in [5.74, 6) is 1.34. The number of nitrogens with one attached hydrogen (secondary N) is 2. The maximum absolute atomic E-state index is 12.2. The van der Waals surface area contributed by atoms with E-state index in [4.69, 9.17) is 9.47 Å². The minimum Gasteiger partial charge on any atom is -0.492 e. The highest BCUT2D eigenvalue weighted by Gasteiger charge is 2.12. The van der Waals surface area contributed by atoms with E-state index in [1.807, 2.05) is 37.3 Å². The highest BCUT2D eigenvalue weighted by atomic mass is 16.5. The first-order valence-corrected chi connectivity index (χ1v) is 9.05. The van der Waals surface area contributed by atoms with E-state index in [1.165, 1.54) is 11.1 Å². The van der Waals surface area contributed by atoms with Gasteiger partial charge in [-0.1, -0.05) is 30.3 Å². The first kappa shape index (κ1) is 18.3. The highest BCUT2D eigenvalue weighted by Crippen LogP contribution is 2.26. The third kappa shape index (κ3) is 4.99. The van der Waals surface area contributed by atoms with Crippen LogP contribution < -0.4 is 20.1 Å². The molecule has 26 heavy (non-hydrogen) atoms. The third-order valence-electron chi connectivity index (χ3n) is 4.46. The Morgan fingerprint density at radius 3 is 3.00 bits per heavy atom. The van der Waals surface area contributed by atoms with Crippen LogP contribution in [0.25, 0.3) is 0 Å². The number of carbonyl (C=O) groups is 1. The molecule has 138 valence electrons. The molecule has 0 fully saturated rings. The van der Waals surface area contributed by atoms with Crippen LogP contribution in [0.5, 0.6) is 11.5 Å². The van der Waals surface area contributed by atoms with Crippen molar-refractivity contribution in [3.05, 3.63) is 59.2 Å². The van der Waals surface area contributed by atoms with Gasteiger partial charge in [0.15, 0.2) is 6.61 Å². The second-order valence-electron chi connectivity index (χ2n) is 6.68. The van der Waals surface area contributed by atoms with E-state index in [0.29, 0.717) is 12.4 Å². The first-order chi connectivity index (χ1) is 12.6. The van der Waals surface area contributed by atoms with Crippen molar-refractivity contribution in [1.29, 1.82) is 0 Å². The molecule has 3 rings (SSSR count). The molecule has 0 spiro atoms. The van der Waals surface area contributed by atoms with Crippen molar-refractivity contribution in [3.8, 4) is 11.5 Å². The lowest BCUT2D eigenvalue weighted by molar-refractivity contribution is -0.123. The molecular formula is C21H26N2O3. The number of carbonyl (C=O) groups excluding carboxylic acids is 1. The molecule has 5 nitrogen and oxygen atoms in total. The van der Waals surface area contributed by atoms with Crippen LogP contribution in [-0.2, 0) is 17.8 Å². The van der Waals surface area contributed by atoms with Crippen molar-refractivity contribution >= 4 is 5.91 Å². The van der Waals surface area contributed by atoms with Crippen molar-refractivity contribution in [2.24, 2.45) is 0 Å². The van der Waals surface area contributed by atoms with E-state index in [2.05, 4.69) is 29.7 Å². The summed E-state index contributed by atoms with van der Waals surface area (Å²) >= 11 is 0. The summed E-state index contributed by atoms with van der Waals surface area (Å²) in [6, 6.07) is 14.0. The zero-order valence-electron chi connectivity index (χ0n) is 15.4. The third-order valence-corrected chi connectivity index (χ3v) is 4.46. The maximum Gasteiger partial charge on any atom is 0.258 e. The van der Waals surface area contributed by atoms with Crippen LogP contribution in [0.4, 0.5) is 0 Å². The van der Waals surface area contributed by atoms with Crippen molar-refractivity contribution in [2.75, 3.05) is 19.8 Å². The number of hydrogen-bond donors (Lipinski definition) is 2. The Hall–Kier alpha value is -2.53. The van der Waals surface area contributed by atoms with Crippen LogP contribution in [0.1, 0.15) is 23.6 Å². The fourth-order valence-electron chi connectivity index (χ4n) is 3.05. The van der Waals surface area contributed by atoms with Gasteiger partial charge in [0.25, 0.3) is 5.91 Å². The Labute approximate surface area is 154 Å². The summed E-state index contributed by atoms with van der Waals surface area (Å²) in [7, 11) is 0. The van der Waals surface area contributed by atoms with Gasteiger partial charge in [0.1, 0.15) is 18.1 Å². The van der Waals surface area contributed by atoms with Crippen molar-refractivity contribution in [2.45, 2.75) is 32.9 Å². The lowest BCUT2D eigenvalue weighted by atomic mass is 10.0. The predicted molar refractivity (Wildman–Crippen MR) is 102 cm³/mol. The summed E-state index contributed by atoms with van der Waals surface area (Å²) < 4.78 is 11.3. The molecule has 1 aliphatic heterocycles. The van der Waals surface area contributed by atoms with E-state index in [0.717, 1.165) is 30.8 Å². The van der Waals surface area contributed by atoms with Gasteiger partial charge in [-0.15, -0.1) is 0 Å². The number of aryl methyl sites for hydroxylation is 1. The van der Waals surface area contributed by atoms with E-state index >= 15 is 0 Å². The fraction of sp³-hybridized carbons (Fsp3) is 0.381. The largest absolute Gasteiger partial charge is 0.492 e. The summed E-state index contributed by atoms with van der Waals surface area (Å²) in [4.78, 5) is 12.2. The Bertz CT molecular complexity index is 761. The van der Waals surface area contributed by atoms with E-state index in [1.54, 1.807) is 0 Å². The summed E-state index contributed by atoms with van der Waals surface area (Å²) in [6.45, 7) is 6.33. The molecule has 2 aromatic carbocycles. The normalized spacial score (nSPS) is 14.5. The summed E-state index contributed by atoms with van der Waals surface area (Å²) in [5.41, 5.74) is 3.59. The lowest BCUT2D eigenvalue weighted by Gasteiger charge is -2.16. The molecule has 1 aliphatic rings. The van der Waals surface area contributed by atoms with Gasteiger partial charge in [-0.05, 0) is 37.5 Å². The van der Waals surface area contributed by atoms with Crippen molar-refractivity contribution in [3.63, 3.8) is 0 Å². The van der Waals surface area contributed by atoms with Gasteiger partial charge in [0, 0.05) is 30.8 Å². The topological polar surface area (TPSA) is 59.6 Å². The SMILES string of the molecule is Cc1ccccc1CC(C)NC(=O)COc1ccc2c(c1)OCCNC2. The second-order valence-corrected chi connectivity index (χ2v) is 6.68. The van der Waals surface area contributed by atoms with Gasteiger partial charge in [-0.2, -0.15) is 0 Å². The quantitative estimate of drug-likeness (QED) is 0.837. The van der Waals surface area contributed by atoms with Crippen LogP contribution in [0.3, 0.4) is 0 Å². The molecule has 5 heteroatoms. The number of rotatable bonds is 6. The fourth-order valence-corrected chi connectivity index (χ4v) is 3.05. The standard InChI is InChI=1S/C21H26N2O3/c1-15-5-3-4-6-17(15)11-16(2)23-21(24)14-26-19-8-7-18-13-22-9-10-25-20(18)12-19/h3-8,12,16,22H,9-11,13-14H2,1-2H3,(H,23,24). The van der Waals surface area contributed by atoms with Crippen LogP contribution in [0.2, 0.25) is 0 Å². The van der Waals surface area contributed by atoms with Gasteiger partial charge in [0.2, 0.25) is 0 Å². The zero-order chi connectivity index (χ0) is 18.4. The maximum atomic E-state index is 12.2. The Balaban J connectivity index is 1.49. The Morgan fingerprint density at radius 1 is 1.31 bits per heavy atom. The van der Waals surface area contributed by atoms with Gasteiger partial charge in [0.05, 0.1) is 0 Å². The van der Waals surface area contributed by atoms with Gasteiger partial charge in [-0.25, -0.2) is 0 Å². The molecule has 0 radical (unpaired) electrons. The molecule has 0 aliphatic carbocycles. The zero-order valence-corrected chi connectivity index (χ0v) is 15.4. The summed E-state index contributed by atoms with van der Waals surface area (Å²) in [5, 5.41) is 6.28. The van der Waals surface area contributed by atoms with Crippen molar-refractivity contribution in [1.82, 2.24) is 10.6 Å². The smallest absolute Gasteiger partial charge is 0.258 e. The molecule has 1 unspecified atom stereocenters. The molecule has 1 amide bonds. The molecule has 2 aromatic rings. The van der Waals surface area contributed by atoms with Crippen LogP contribution in [-0.4, -0.2) is 31.7 Å².